The van der Waals surface area contributed by atoms with Crippen molar-refractivity contribution in [1.82, 2.24) is 0 Å². The summed E-state index contributed by atoms with van der Waals surface area (Å²) < 4.78 is 66.4. The summed E-state index contributed by atoms with van der Waals surface area (Å²) in [6, 6.07) is 7.52. The van der Waals surface area contributed by atoms with Crippen LogP contribution in [-0.4, -0.2) is 115 Å². The van der Waals surface area contributed by atoms with Crippen LogP contribution in [-0.2, 0) is 61.4 Å². The average Bonchev–Trinajstić information content (AvgIpc) is 3.31. The van der Waals surface area contributed by atoms with Crippen molar-refractivity contribution in [2.45, 2.75) is 165 Å². The van der Waals surface area contributed by atoms with Gasteiger partial charge in [0.05, 0.1) is 66.2 Å². The van der Waals surface area contributed by atoms with E-state index in [1.54, 1.807) is 33.5 Å². The molecule has 67 heavy (non-hydrogen) atoms. The summed E-state index contributed by atoms with van der Waals surface area (Å²) in [5.41, 5.74) is 1.00. The molecule has 1 rings (SSSR count). The molecule has 1 amide bonds. The van der Waals surface area contributed by atoms with Crippen molar-refractivity contribution in [3.8, 4) is 0 Å². The number of unbranched alkanes of at least 4 members (excludes halogenated alkanes) is 6. The van der Waals surface area contributed by atoms with Gasteiger partial charge in [-0.1, -0.05) is 118 Å². The Labute approximate surface area is 420 Å². The maximum absolute atomic E-state index is 11.7. The average molecular weight is 986 g/mol. The number of carbonyl (C=O) groups excluding carboxylic acids is 4. The maximum Gasteiger partial charge on any atom is 1.00 e. The quantitative estimate of drug-likeness (QED) is 0.0293. The van der Waals surface area contributed by atoms with Gasteiger partial charge in [-0.25, -0.2) is 8.42 Å². The third-order valence-corrected chi connectivity index (χ3v) is 14.2. The molecule has 0 N–H and O–H groups in total. The van der Waals surface area contributed by atoms with Gasteiger partial charge >= 0.3 is 45.6 Å². The zero-order valence-electron chi connectivity index (χ0n) is 44.8. The van der Waals surface area contributed by atoms with Crippen molar-refractivity contribution in [1.29, 1.82) is 0 Å². The topological polar surface area (TPSA) is 190 Å². The van der Waals surface area contributed by atoms with Gasteiger partial charge in [-0.3, -0.25) is 14.4 Å². The number of nitrogens with zero attached hydrogens (tertiary/aromatic N) is 1. The molecule has 3 atom stereocenters. The van der Waals surface area contributed by atoms with Crippen LogP contribution in [0.25, 0.3) is 4.72 Å². The normalized spacial score (nSPS) is 12.5. The van der Waals surface area contributed by atoms with Crippen LogP contribution < -0.4 is 18.9 Å². The number of ether oxygens (including phenoxy) is 5. The van der Waals surface area contributed by atoms with E-state index in [-0.39, 0.29) is 48.6 Å². The third kappa shape index (κ3) is 38.1. The Bertz CT molecular complexity index is 1490. The van der Waals surface area contributed by atoms with E-state index in [1.807, 2.05) is 67.5 Å². The molecule has 0 radical (unpaired) electrons. The van der Waals surface area contributed by atoms with E-state index in [1.165, 1.54) is 38.5 Å². The van der Waals surface area contributed by atoms with Gasteiger partial charge in [-0.15, -0.1) is 0 Å². The molecule has 0 aromatic heterocycles. The van der Waals surface area contributed by atoms with E-state index in [0.29, 0.717) is 70.2 Å². The second kappa shape index (κ2) is 43.7. The monoisotopic (exact) mass is 986 g/mol. The van der Waals surface area contributed by atoms with Gasteiger partial charge in [0.2, 0.25) is 0 Å². The zero-order chi connectivity index (χ0) is 51.0. The van der Waals surface area contributed by atoms with Crippen LogP contribution in [0.2, 0.25) is 6.04 Å². The molecule has 1 aromatic rings. The molecule has 0 saturated heterocycles. The van der Waals surface area contributed by atoms with Crippen LogP contribution in [0.15, 0.2) is 24.3 Å². The van der Waals surface area contributed by atoms with Gasteiger partial charge < -0.3 is 46.5 Å². The standard InChI is InChI=1S/C14H28O2.C12H17NO3S.C12H26O5Si.C11H22O4.Li/c1-4-6-7-8-9-10-11-12-16-14(15)13(3)5-2;1-4-9(2)10-5-7-11(8-6-10)12(14)13-17(3,15)16;1-7-12(2,3)11(13)17-9-8-10-18(14-4,15-5)16-6;1-4-10(3)11(12)15-9-8-14-7-6-13-5-2;/h13H,4-12H2,1-3H3;5-9H,4H2,1-3H3,(H,13,14);7-10H2,1-6H3;10H,4-9H2,1-3H3;/q;;;;+1/p-1. The number of sulfonamides is 1. The SMILES string of the molecule is CCC(C)(C)C(=O)OCCC[Si](OC)(OC)OC.CCC(C)c1ccc(C(=O)[N-]S(C)(=O)=O)cc1.CCCCCCCCCOC(=O)C(C)CC.CCOCCOCCOC(=O)C(C)CC.[Li+]. The van der Waals surface area contributed by atoms with Gasteiger partial charge in [0.25, 0.3) is 0 Å². The summed E-state index contributed by atoms with van der Waals surface area (Å²) in [6.45, 7) is 25.4. The Morgan fingerprint density at radius 1 is 0.627 bits per heavy atom. The number of hydrogen-bond donors (Lipinski definition) is 0. The zero-order valence-corrected chi connectivity index (χ0v) is 46.6. The molecule has 3 unspecified atom stereocenters. The van der Waals surface area contributed by atoms with E-state index in [2.05, 4.69) is 25.5 Å². The van der Waals surface area contributed by atoms with Crippen molar-refractivity contribution in [3.63, 3.8) is 0 Å². The fourth-order valence-electron chi connectivity index (χ4n) is 5.16. The minimum Gasteiger partial charge on any atom is -0.542 e. The Morgan fingerprint density at radius 3 is 1.54 bits per heavy atom. The molecular weight excluding hydrogens is 894 g/mol. The van der Waals surface area contributed by atoms with Crippen LogP contribution >= 0.6 is 0 Å². The molecule has 15 nitrogen and oxygen atoms in total. The van der Waals surface area contributed by atoms with Crippen molar-refractivity contribution in [3.05, 3.63) is 40.1 Å². The first-order valence-corrected chi connectivity index (χ1v) is 27.8. The van der Waals surface area contributed by atoms with Gasteiger partial charge in [0.15, 0.2) is 0 Å². The molecule has 0 aliphatic heterocycles. The van der Waals surface area contributed by atoms with E-state index in [0.717, 1.165) is 43.9 Å². The first kappa shape index (κ1) is 71.2. The summed E-state index contributed by atoms with van der Waals surface area (Å²) in [7, 11) is -1.44. The molecular formula is C49H92LiNO14SSi. The van der Waals surface area contributed by atoms with E-state index in [9.17, 15) is 27.6 Å². The van der Waals surface area contributed by atoms with Crippen LogP contribution in [0.4, 0.5) is 0 Å². The summed E-state index contributed by atoms with van der Waals surface area (Å²) in [5.74, 6) is -0.601. The molecule has 1 aromatic carbocycles. The van der Waals surface area contributed by atoms with Crippen molar-refractivity contribution in [2.24, 2.45) is 17.3 Å². The van der Waals surface area contributed by atoms with Crippen LogP contribution in [0.5, 0.6) is 0 Å². The van der Waals surface area contributed by atoms with Crippen LogP contribution in [0, 0.1) is 17.3 Å². The van der Waals surface area contributed by atoms with Crippen molar-refractivity contribution < 1.29 is 83.4 Å². The molecule has 0 spiro atoms. The van der Waals surface area contributed by atoms with E-state index < -0.39 is 30.1 Å². The fourth-order valence-corrected chi connectivity index (χ4v) is 7.25. The summed E-state index contributed by atoms with van der Waals surface area (Å²) in [5, 5.41) is 0. The number of esters is 3. The van der Waals surface area contributed by atoms with E-state index >= 15 is 0 Å². The Morgan fingerprint density at radius 2 is 1.09 bits per heavy atom. The Balaban J connectivity index is -0.000000394. The van der Waals surface area contributed by atoms with Crippen LogP contribution in [0.3, 0.4) is 0 Å². The molecule has 18 heteroatoms. The third-order valence-electron chi connectivity index (χ3n) is 10.9. The fraction of sp³-hybridized carbons (Fsp3) is 0.796. The maximum atomic E-state index is 11.7. The second-order valence-electron chi connectivity index (χ2n) is 16.7. The summed E-state index contributed by atoms with van der Waals surface area (Å²) in [4.78, 5) is 45.7. The predicted octanol–water partition coefficient (Wildman–Crippen LogP) is 7.87. The van der Waals surface area contributed by atoms with Gasteiger partial charge in [0.1, 0.15) is 6.61 Å². The van der Waals surface area contributed by atoms with Crippen LogP contribution in [0.1, 0.15) is 175 Å². The Hall–Kier alpha value is -2.34. The minimum absolute atomic E-state index is 0. The Kier molecular flexibility index (Phi) is 46.4. The van der Waals surface area contributed by atoms with E-state index in [4.69, 9.17) is 37.0 Å². The van der Waals surface area contributed by atoms with Gasteiger partial charge in [-0.2, -0.15) is 0 Å². The van der Waals surface area contributed by atoms with Crippen molar-refractivity contribution in [2.75, 3.05) is 73.8 Å². The summed E-state index contributed by atoms with van der Waals surface area (Å²) in [6.07, 6.45) is 13.9. The number of carbonyl (C=O) groups is 4. The van der Waals surface area contributed by atoms with Gasteiger partial charge in [-0.05, 0) is 76.3 Å². The summed E-state index contributed by atoms with van der Waals surface area (Å²) >= 11 is 0. The largest absolute Gasteiger partial charge is 1.00 e. The number of benzene rings is 1. The molecule has 0 saturated carbocycles. The second-order valence-corrected chi connectivity index (χ2v) is 21.5. The number of hydrogen-bond acceptors (Lipinski definition) is 14. The predicted molar refractivity (Wildman–Crippen MR) is 265 cm³/mol. The smallest absolute Gasteiger partial charge is 0.542 e. The molecule has 0 bridgehead atoms. The molecule has 0 aliphatic rings. The number of rotatable bonds is 32. The first-order chi connectivity index (χ1) is 31.1. The molecule has 0 aliphatic carbocycles. The van der Waals surface area contributed by atoms with Crippen molar-refractivity contribution >= 4 is 42.6 Å². The van der Waals surface area contributed by atoms with Gasteiger partial charge in [0, 0.05) is 40.2 Å². The number of amides is 1. The first-order valence-electron chi connectivity index (χ1n) is 24.0. The molecule has 0 fully saturated rings. The molecule has 0 heterocycles. The molecule has 388 valence electrons. The minimum atomic E-state index is -3.63.